The standard InChI is InChI=1S/C43H51N7O7/c1-21(2)36(48-42(53)55-5)38(51)34-25-9-10-26(16-25)35(34)40-45-20-30(47-40)24-12-14-28-27-13-11-23(17-32(27)57-33(28)18-24)29-19-44-39(46-29)31-8-7-15-50(31)41(52)37(22(3)4)49-43(54)56-6/h11-14,17-22,25-26,31,34-37H,7-10,15-16H2,1-6H3,(H,44,46)(H,45,47)(H,48,53)(H,49,54)/t25-,26+,31+,34?,35-,36+,37+/m1/s1. The van der Waals surface area contributed by atoms with Gasteiger partial charge in [0.2, 0.25) is 5.91 Å². The third kappa shape index (κ3) is 7.03. The first-order chi connectivity index (χ1) is 27.4. The van der Waals surface area contributed by atoms with Crippen molar-refractivity contribution in [1.82, 2.24) is 35.5 Å². The van der Waals surface area contributed by atoms with Crippen molar-refractivity contribution in [2.24, 2.45) is 29.6 Å². The van der Waals surface area contributed by atoms with E-state index in [9.17, 15) is 19.2 Å². The molecule has 3 aliphatic rings. The van der Waals surface area contributed by atoms with Gasteiger partial charge in [-0.25, -0.2) is 19.6 Å². The Hall–Kier alpha value is -5.66. The van der Waals surface area contributed by atoms with E-state index in [1.54, 1.807) is 11.1 Å². The van der Waals surface area contributed by atoms with E-state index in [-0.39, 0.29) is 47.3 Å². The number of fused-ring (bicyclic) bond motifs is 5. The Bertz CT molecular complexity index is 2320. The fourth-order valence-electron chi connectivity index (χ4n) is 9.66. The number of aromatic amines is 2. The molecule has 8 rings (SSSR count). The number of rotatable bonds is 11. The lowest BCUT2D eigenvalue weighted by atomic mass is 9.73. The number of hydrogen-bond acceptors (Lipinski definition) is 9. The number of ketones is 1. The topological polar surface area (TPSA) is 185 Å². The molecule has 0 radical (unpaired) electrons. The Morgan fingerprint density at radius 1 is 0.772 bits per heavy atom. The summed E-state index contributed by atoms with van der Waals surface area (Å²) >= 11 is 0. The van der Waals surface area contributed by atoms with Gasteiger partial charge in [-0.3, -0.25) is 9.59 Å². The maximum Gasteiger partial charge on any atom is 0.407 e. The van der Waals surface area contributed by atoms with E-state index in [1.165, 1.54) is 14.2 Å². The highest BCUT2D eigenvalue weighted by Crippen LogP contribution is 2.57. The van der Waals surface area contributed by atoms with Crippen molar-refractivity contribution < 1.29 is 33.1 Å². The molecule has 2 aliphatic carbocycles. The fraction of sp³-hybridized carbons (Fsp3) is 0.488. The zero-order chi connectivity index (χ0) is 40.1. The molecule has 300 valence electrons. The Labute approximate surface area is 330 Å². The highest BCUT2D eigenvalue weighted by Gasteiger charge is 2.54. The van der Waals surface area contributed by atoms with Crippen molar-refractivity contribution in [2.45, 2.75) is 83.8 Å². The third-order valence-corrected chi connectivity index (χ3v) is 12.5. The van der Waals surface area contributed by atoms with Crippen LogP contribution < -0.4 is 10.6 Å². The van der Waals surface area contributed by atoms with Gasteiger partial charge in [0.25, 0.3) is 0 Å². The molecule has 14 heteroatoms. The van der Waals surface area contributed by atoms with Crippen molar-refractivity contribution in [3.63, 3.8) is 0 Å². The van der Waals surface area contributed by atoms with Crippen LogP contribution in [0.5, 0.6) is 0 Å². The minimum Gasteiger partial charge on any atom is -0.456 e. The molecular formula is C43H51N7O7. The molecule has 4 heterocycles. The largest absolute Gasteiger partial charge is 0.456 e. The van der Waals surface area contributed by atoms with E-state index in [2.05, 4.69) is 32.7 Å². The van der Waals surface area contributed by atoms with Crippen LogP contribution in [0.3, 0.4) is 0 Å². The number of Topliss-reactive ketones (excluding diaryl/α,β-unsaturated/α-hetero) is 1. The molecule has 14 nitrogen and oxygen atoms in total. The first-order valence-electron chi connectivity index (χ1n) is 20.1. The van der Waals surface area contributed by atoms with Gasteiger partial charge in [0.1, 0.15) is 28.9 Å². The number of carbonyl (C=O) groups is 4. The summed E-state index contributed by atoms with van der Waals surface area (Å²) in [5.74, 6) is 1.58. The smallest absolute Gasteiger partial charge is 0.407 e. The molecule has 4 N–H and O–H groups in total. The van der Waals surface area contributed by atoms with E-state index in [0.29, 0.717) is 18.3 Å². The van der Waals surface area contributed by atoms with Crippen molar-refractivity contribution in [3.05, 3.63) is 60.4 Å². The molecule has 3 aromatic heterocycles. The molecule has 1 aliphatic heterocycles. The van der Waals surface area contributed by atoms with Crippen LogP contribution in [0, 0.1) is 29.6 Å². The maximum atomic E-state index is 14.1. The normalized spacial score (nSPS) is 22.7. The summed E-state index contributed by atoms with van der Waals surface area (Å²) < 4.78 is 16.1. The Balaban J connectivity index is 1.02. The number of alkyl carbamates (subject to hydrolysis) is 2. The number of ether oxygens (including phenoxy) is 2. The predicted molar refractivity (Wildman–Crippen MR) is 213 cm³/mol. The van der Waals surface area contributed by atoms with Gasteiger partial charge >= 0.3 is 12.2 Å². The molecule has 2 bridgehead atoms. The van der Waals surface area contributed by atoms with Gasteiger partial charge in [-0.05, 0) is 80.0 Å². The van der Waals surface area contributed by atoms with Crippen LogP contribution in [-0.4, -0.2) is 81.6 Å². The number of furan rings is 1. The van der Waals surface area contributed by atoms with E-state index in [4.69, 9.17) is 23.9 Å². The second-order valence-corrected chi connectivity index (χ2v) is 16.6. The molecule has 2 saturated carbocycles. The average molecular weight is 778 g/mol. The van der Waals surface area contributed by atoms with Crippen molar-refractivity contribution >= 4 is 45.8 Å². The number of likely N-dealkylation sites (tertiary alicyclic amines) is 1. The number of aromatic nitrogens is 4. The Morgan fingerprint density at radius 2 is 1.33 bits per heavy atom. The molecule has 1 saturated heterocycles. The van der Waals surface area contributed by atoms with Gasteiger partial charge in [0.05, 0.1) is 50.1 Å². The van der Waals surface area contributed by atoms with Crippen molar-refractivity contribution in [2.75, 3.05) is 20.8 Å². The van der Waals surface area contributed by atoms with Crippen LogP contribution in [0.1, 0.15) is 83.4 Å². The molecule has 3 amide bonds. The summed E-state index contributed by atoms with van der Waals surface area (Å²) in [4.78, 5) is 70.2. The first kappa shape index (κ1) is 38.2. The van der Waals surface area contributed by atoms with E-state index >= 15 is 0 Å². The van der Waals surface area contributed by atoms with E-state index in [1.807, 2.05) is 58.2 Å². The number of nitrogens with zero attached hydrogens (tertiary/aromatic N) is 3. The molecule has 5 aromatic rings. The van der Waals surface area contributed by atoms with Crippen LogP contribution in [0.15, 0.2) is 53.2 Å². The summed E-state index contributed by atoms with van der Waals surface area (Å²) in [6, 6.07) is 10.7. The average Bonchev–Trinajstić information content (AvgIpc) is 4.07. The highest BCUT2D eigenvalue weighted by molar-refractivity contribution is 6.06. The number of nitrogens with one attached hydrogen (secondary N) is 4. The number of amides is 3. The second kappa shape index (κ2) is 15.4. The fourth-order valence-corrected chi connectivity index (χ4v) is 9.66. The zero-order valence-electron chi connectivity index (χ0n) is 33.3. The SMILES string of the molecule is COC(=O)N[C@H](C(=O)C1[C@@H]2CC[C@@H](C2)[C@H]1c1ncc(-c2ccc3c(c2)oc2cc(-c4cnc([C@@H]5CCCN5C(=O)[C@@H](NC(=O)OC)C(C)C)[nH]4)ccc23)[nH]1)C(C)C. The van der Waals surface area contributed by atoms with Crippen LogP contribution in [0.2, 0.25) is 0 Å². The molecular weight excluding hydrogens is 727 g/mol. The van der Waals surface area contributed by atoms with Gasteiger partial charge in [-0.1, -0.05) is 39.8 Å². The molecule has 1 unspecified atom stereocenters. The van der Waals surface area contributed by atoms with Crippen LogP contribution in [0.4, 0.5) is 9.59 Å². The lowest BCUT2D eigenvalue weighted by molar-refractivity contribution is -0.135. The van der Waals surface area contributed by atoms with Crippen molar-refractivity contribution in [3.8, 4) is 22.5 Å². The summed E-state index contributed by atoms with van der Waals surface area (Å²) in [5.41, 5.74) is 4.95. The highest BCUT2D eigenvalue weighted by atomic mass is 16.5. The third-order valence-electron chi connectivity index (χ3n) is 12.5. The summed E-state index contributed by atoms with van der Waals surface area (Å²) in [6.07, 6.45) is 7.05. The van der Waals surface area contributed by atoms with Gasteiger partial charge in [-0.15, -0.1) is 0 Å². The molecule has 3 fully saturated rings. The predicted octanol–water partition coefficient (Wildman–Crippen LogP) is 7.49. The summed E-state index contributed by atoms with van der Waals surface area (Å²) in [5, 5.41) is 7.47. The van der Waals surface area contributed by atoms with Gasteiger partial charge in [0, 0.05) is 40.3 Å². The quantitative estimate of drug-likeness (QED) is 0.106. The number of benzene rings is 2. The van der Waals surface area contributed by atoms with Crippen LogP contribution in [-0.2, 0) is 19.1 Å². The molecule has 0 spiro atoms. The number of carbonyl (C=O) groups excluding carboxylic acids is 4. The lowest BCUT2D eigenvalue weighted by Gasteiger charge is -2.32. The number of hydrogen-bond donors (Lipinski definition) is 4. The minimum atomic E-state index is -0.704. The van der Waals surface area contributed by atoms with Gasteiger partial charge < -0.3 is 39.4 Å². The van der Waals surface area contributed by atoms with Gasteiger partial charge in [0.15, 0.2) is 5.78 Å². The minimum absolute atomic E-state index is 0.0418. The summed E-state index contributed by atoms with van der Waals surface area (Å²) in [7, 11) is 2.60. The Morgan fingerprint density at radius 3 is 1.93 bits per heavy atom. The Kier molecular flexibility index (Phi) is 10.3. The van der Waals surface area contributed by atoms with Crippen molar-refractivity contribution in [1.29, 1.82) is 0 Å². The monoisotopic (exact) mass is 777 g/mol. The lowest BCUT2D eigenvalue weighted by Crippen LogP contribution is -2.51. The molecule has 2 aromatic carbocycles. The first-order valence-corrected chi connectivity index (χ1v) is 20.1. The zero-order valence-corrected chi connectivity index (χ0v) is 33.3. The maximum absolute atomic E-state index is 14.1. The number of methoxy groups -OCH3 is 2. The number of H-pyrrole nitrogens is 2. The van der Waals surface area contributed by atoms with E-state index in [0.717, 1.165) is 82.4 Å². The second-order valence-electron chi connectivity index (χ2n) is 16.6. The van der Waals surface area contributed by atoms with E-state index < -0.39 is 24.3 Å². The number of imidazole rings is 2. The van der Waals surface area contributed by atoms with Crippen LogP contribution >= 0.6 is 0 Å². The molecule has 7 atom stereocenters. The van der Waals surface area contributed by atoms with Gasteiger partial charge in [-0.2, -0.15) is 0 Å². The molecule has 57 heavy (non-hydrogen) atoms. The summed E-state index contributed by atoms with van der Waals surface area (Å²) in [6.45, 7) is 8.27. The van der Waals surface area contributed by atoms with Crippen LogP contribution in [0.25, 0.3) is 44.5 Å².